The van der Waals surface area contributed by atoms with Crippen molar-refractivity contribution >= 4 is 23.7 Å². The van der Waals surface area contributed by atoms with Gasteiger partial charge < -0.3 is 9.67 Å². The van der Waals surface area contributed by atoms with Crippen LogP contribution >= 0.6 is 0 Å². The molecular weight excluding hydrogens is 338 g/mol. The van der Waals surface area contributed by atoms with Crippen LogP contribution in [0.5, 0.6) is 0 Å². The van der Waals surface area contributed by atoms with E-state index in [0.717, 1.165) is 17.6 Å². The average Bonchev–Trinajstić information content (AvgIpc) is 3.10. The molecule has 0 unspecified atom stereocenters. The van der Waals surface area contributed by atoms with Gasteiger partial charge in [-0.15, -0.1) is 0 Å². The van der Waals surface area contributed by atoms with Crippen molar-refractivity contribution in [2.45, 2.75) is 0 Å². The summed E-state index contributed by atoms with van der Waals surface area (Å²) in [6, 6.07) is 12.9. The van der Waals surface area contributed by atoms with Crippen LogP contribution in [0.15, 0.2) is 66.0 Å². The quantitative estimate of drug-likeness (QED) is 0.400. The first-order valence-electron chi connectivity index (χ1n) is 7.45. The number of nitrogens with one attached hydrogen (secondary N) is 1. The number of hydrogen-bond acceptors (Lipinski definition) is 6. The van der Waals surface area contributed by atoms with Crippen LogP contribution in [0.2, 0.25) is 0 Å². The minimum Gasteiger partial charge on any atom is -0.478 e. The van der Waals surface area contributed by atoms with E-state index in [9.17, 15) is 14.9 Å². The van der Waals surface area contributed by atoms with Gasteiger partial charge in [0.2, 0.25) is 0 Å². The minimum atomic E-state index is -0.981. The molecule has 130 valence electrons. The predicted molar refractivity (Wildman–Crippen MR) is 94.8 cm³/mol. The number of anilines is 1. The first-order chi connectivity index (χ1) is 12.5. The Morgan fingerprint density at radius 1 is 1.23 bits per heavy atom. The number of nitrogens with zero attached hydrogens (tertiary/aromatic N) is 4. The van der Waals surface area contributed by atoms with E-state index in [1.807, 2.05) is 22.9 Å². The summed E-state index contributed by atoms with van der Waals surface area (Å²) in [5.74, 6) is -0.610. The second-order valence-corrected chi connectivity index (χ2v) is 5.18. The number of carbonyl (C=O) groups is 1. The Hall–Kier alpha value is -4.01. The Bertz CT molecular complexity index is 962. The van der Waals surface area contributed by atoms with E-state index >= 15 is 0 Å². The van der Waals surface area contributed by atoms with Crippen molar-refractivity contribution in [3.8, 4) is 5.69 Å². The van der Waals surface area contributed by atoms with Gasteiger partial charge in [0.25, 0.3) is 5.69 Å². The van der Waals surface area contributed by atoms with Gasteiger partial charge in [-0.25, -0.2) is 9.78 Å². The maximum absolute atomic E-state index is 10.9. The molecule has 1 aromatic carbocycles. The molecule has 0 aliphatic rings. The van der Waals surface area contributed by atoms with Gasteiger partial charge in [0.15, 0.2) is 0 Å². The Labute approximate surface area is 147 Å². The van der Waals surface area contributed by atoms with E-state index in [1.54, 1.807) is 18.3 Å². The number of benzene rings is 1. The number of hydrogen-bond donors (Lipinski definition) is 2. The number of carboxylic acids is 1. The number of aromatic nitrogens is 2. The molecule has 9 nitrogen and oxygen atoms in total. The van der Waals surface area contributed by atoms with Crippen LogP contribution in [-0.2, 0) is 0 Å². The standard InChI is InChI=1S/C17H13N5O4/c23-17(24)12-3-5-13(6-4-12)21-9-1-2-14(21)11-19-20-16-8-7-15(10-18-16)22(25)26/h1-11H,(H,18,20)(H,23,24)/b19-11-. The number of aromatic carboxylic acids is 1. The summed E-state index contributed by atoms with van der Waals surface area (Å²) >= 11 is 0. The van der Waals surface area contributed by atoms with E-state index in [4.69, 9.17) is 5.11 Å². The summed E-state index contributed by atoms with van der Waals surface area (Å²) in [5, 5.41) is 23.6. The average molecular weight is 351 g/mol. The molecular formula is C17H13N5O4. The van der Waals surface area contributed by atoms with Crippen molar-refractivity contribution in [2.24, 2.45) is 5.10 Å². The van der Waals surface area contributed by atoms with E-state index < -0.39 is 10.9 Å². The first kappa shape index (κ1) is 16.8. The van der Waals surface area contributed by atoms with Gasteiger partial charge in [0, 0.05) is 18.0 Å². The molecule has 0 aliphatic carbocycles. The molecule has 3 aromatic rings. The van der Waals surface area contributed by atoms with Gasteiger partial charge in [-0.1, -0.05) is 0 Å². The highest BCUT2D eigenvalue weighted by Gasteiger charge is 2.06. The molecule has 0 bridgehead atoms. The van der Waals surface area contributed by atoms with Gasteiger partial charge >= 0.3 is 5.97 Å². The van der Waals surface area contributed by atoms with Crippen LogP contribution < -0.4 is 5.43 Å². The monoisotopic (exact) mass is 351 g/mol. The van der Waals surface area contributed by atoms with Gasteiger partial charge in [0.1, 0.15) is 12.0 Å². The zero-order valence-corrected chi connectivity index (χ0v) is 13.3. The van der Waals surface area contributed by atoms with Gasteiger partial charge in [-0.3, -0.25) is 15.5 Å². The molecule has 2 heterocycles. The molecule has 0 amide bonds. The van der Waals surface area contributed by atoms with Crippen LogP contribution in [0.4, 0.5) is 11.5 Å². The zero-order chi connectivity index (χ0) is 18.5. The molecule has 2 N–H and O–H groups in total. The maximum Gasteiger partial charge on any atom is 0.335 e. The van der Waals surface area contributed by atoms with E-state index in [2.05, 4.69) is 15.5 Å². The van der Waals surface area contributed by atoms with Gasteiger partial charge in [-0.05, 0) is 42.5 Å². The molecule has 0 aliphatic heterocycles. The number of nitro groups is 1. The van der Waals surface area contributed by atoms with Gasteiger partial charge in [0.05, 0.1) is 22.4 Å². The molecule has 9 heteroatoms. The van der Waals surface area contributed by atoms with E-state index in [0.29, 0.717) is 5.82 Å². The highest BCUT2D eigenvalue weighted by atomic mass is 16.6. The summed E-state index contributed by atoms with van der Waals surface area (Å²) in [4.78, 5) is 24.9. The Kier molecular flexibility index (Phi) is 4.70. The van der Waals surface area contributed by atoms with Crippen molar-refractivity contribution in [3.05, 3.63) is 82.3 Å². The van der Waals surface area contributed by atoms with E-state index in [1.165, 1.54) is 24.3 Å². The third kappa shape index (κ3) is 3.73. The molecule has 0 saturated carbocycles. The number of pyridine rings is 1. The summed E-state index contributed by atoms with van der Waals surface area (Å²) in [7, 11) is 0. The molecule has 3 rings (SSSR count). The number of rotatable bonds is 6. The highest BCUT2D eigenvalue weighted by molar-refractivity contribution is 5.87. The summed E-state index contributed by atoms with van der Waals surface area (Å²) in [6.45, 7) is 0. The number of carboxylic acid groups (broad SMARTS) is 1. The largest absolute Gasteiger partial charge is 0.478 e. The minimum absolute atomic E-state index is 0.0989. The lowest BCUT2D eigenvalue weighted by Crippen LogP contribution is -2.01. The normalized spacial score (nSPS) is 10.8. The fourth-order valence-corrected chi connectivity index (χ4v) is 2.22. The smallest absolute Gasteiger partial charge is 0.335 e. The van der Waals surface area contributed by atoms with Crippen molar-refractivity contribution < 1.29 is 14.8 Å². The van der Waals surface area contributed by atoms with Crippen molar-refractivity contribution in [2.75, 3.05) is 5.43 Å². The molecule has 0 atom stereocenters. The lowest BCUT2D eigenvalue weighted by molar-refractivity contribution is -0.385. The lowest BCUT2D eigenvalue weighted by atomic mass is 10.2. The zero-order valence-electron chi connectivity index (χ0n) is 13.3. The molecule has 26 heavy (non-hydrogen) atoms. The second kappa shape index (κ2) is 7.26. The van der Waals surface area contributed by atoms with Crippen LogP contribution in [0.3, 0.4) is 0 Å². The molecule has 2 aromatic heterocycles. The summed E-state index contributed by atoms with van der Waals surface area (Å²) in [5.41, 5.74) is 4.35. The third-order valence-electron chi connectivity index (χ3n) is 3.51. The Morgan fingerprint density at radius 2 is 2.00 bits per heavy atom. The van der Waals surface area contributed by atoms with Crippen molar-refractivity contribution in [1.29, 1.82) is 0 Å². The number of hydrazone groups is 1. The topological polar surface area (TPSA) is 123 Å². The Balaban J connectivity index is 1.73. The summed E-state index contributed by atoms with van der Waals surface area (Å²) in [6.07, 6.45) is 4.53. The first-order valence-corrected chi connectivity index (χ1v) is 7.45. The summed E-state index contributed by atoms with van der Waals surface area (Å²) < 4.78 is 1.83. The maximum atomic E-state index is 10.9. The van der Waals surface area contributed by atoms with Gasteiger partial charge in [-0.2, -0.15) is 5.10 Å². The molecule has 0 fully saturated rings. The van der Waals surface area contributed by atoms with Crippen LogP contribution in [-0.4, -0.2) is 31.8 Å². The van der Waals surface area contributed by atoms with Crippen LogP contribution in [0.1, 0.15) is 16.1 Å². The second-order valence-electron chi connectivity index (χ2n) is 5.18. The third-order valence-corrected chi connectivity index (χ3v) is 3.51. The fraction of sp³-hybridized carbons (Fsp3) is 0. The fourth-order valence-electron chi connectivity index (χ4n) is 2.22. The predicted octanol–water partition coefficient (Wildman–Crippen LogP) is 2.92. The van der Waals surface area contributed by atoms with Crippen molar-refractivity contribution in [3.63, 3.8) is 0 Å². The van der Waals surface area contributed by atoms with E-state index in [-0.39, 0.29) is 11.3 Å². The van der Waals surface area contributed by atoms with Crippen LogP contribution in [0, 0.1) is 10.1 Å². The molecule has 0 saturated heterocycles. The highest BCUT2D eigenvalue weighted by Crippen LogP contribution is 2.14. The molecule has 0 spiro atoms. The van der Waals surface area contributed by atoms with Crippen LogP contribution in [0.25, 0.3) is 5.69 Å². The van der Waals surface area contributed by atoms with Crippen molar-refractivity contribution in [1.82, 2.24) is 9.55 Å². The SMILES string of the molecule is O=C(O)c1ccc(-n2cccc2/C=N\Nc2ccc([N+](=O)[O-])cn2)cc1. The Morgan fingerprint density at radius 3 is 2.62 bits per heavy atom. The molecule has 0 radical (unpaired) electrons. The lowest BCUT2D eigenvalue weighted by Gasteiger charge is -2.06.